The Balaban J connectivity index is 2.09. The van der Waals surface area contributed by atoms with E-state index in [4.69, 9.17) is 22.1 Å². The van der Waals surface area contributed by atoms with Gasteiger partial charge in [0.15, 0.2) is 5.96 Å². The molecule has 0 spiro atoms. The summed E-state index contributed by atoms with van der Waals surface area (Å²) in [5, 5.41) is 3.75. The number of anilines is 2. The Kier molecular flexibility index (Phi) is 5.21. The smallest absolute Gasteiger partial charge is 0.237 e. The van der Waals surface area contributed by atoms with Crippen molar-refractivity contribution in [1.82, 2.24) is 4.90 Å². The zero-order valence-corrected chi connectivity index (χ0v) is 17.8. The fourth-order valence-corrected chi connectivity index (χ4v) is 3.63. The lowest BCUT2D eigenvalue weighted by Gasteiger charge is -2.46. The van der Waals surface area contributed by atoms with E-state index in [-0.39, 0.29) is 17.4 Å². The van der Waals surface area contributed by atoms with Crippen molar-refractivity contribution in [2.24, 2.45) is 16.1 Å². The number of aliphatic imine (C=N–C) groups is 1. The monoisotopic (exact) mass is 418 g/mol. The molecule has 1 aliphatic heterocycles. The molecule has 0 unspecified atom stereocenters. The SMILES string of the molecule is COc1cc(Cl)ccc1Nc1ccc(F)c([C@@]2(C)N=C(N)N(C)C(=O)C2(C)C)c1. The molecule has 154 valence electrons. The number of hydrogen-bond donors (Lipinski definition) is 2. The molecule has 0 aliphatic carbocycles. The van der Waals surface area contributed by atoms with Gasteiger partial charge in [0.25, 0.3) is 0 Å². The summed E-state index contributed by atoms with van der Waals surface area (Å²) in [6.45, 7) is 5.20. The van der Waals surface area contributed by atoms with Crippen molar-refractivity contribution in [2.75, 3.05) is 19.5 Å². The molecule has 0 radical (unpaired) electrons. The van der Waals surface area contributed by atoms with Gasteiger partial charge in [-0.1, -0.05) is 11.6 Å². The van der Waals surface area contributed by atoms with Crippen molar-refractivity contribution < 1.29 is 13.9 Å². The van der Waals surface area contributed by atoms with E-state index in [2.05, 4.69) is 10.3 Å². The second-order valence-corrected chi connectivity index (χ2v) is 8.13. The molecule has 0 saturated carbocycles. The van der Waals surface area contributed by atoms with E-state index >= 15 is 0 Å². The Morgan fingerprint density at radius 1 is 1.21 bits per heavy atom. The van der Waals surface area contributed by atoms with E-state index in [0.29, 0.717) is 22.1 Å². The maximum absolute atomic E-state index is 14.9. The number of halogens is 2. The van der Waals surface area contributed by atoms with Crippen LogP contribution in [0.4, 0.5) is 15.8 Å². The molecule has 0 aromatic heterocycles. The first-order chi connectivity index (χ1) is 13.5. The van der Waals surface area contributed by atoms with Gasteiger partial charge in [-0.25, -0.2) is 9.38 Å². The molecular weight excluding hydrogens is 395 g/mol. The lowest BCUT2D eigenvalue weighted by Crippen LogP contribution is -2.58. The Hall–Kier alpha value is -2.80. The zero-order valence-electron chi connectivity index (χ0n) is 17.0. The number of amides is 1. The minimum absolute atomic E-state index is 0.0500. The Morgan fingerprint density at radius 3 is 2.55 bits per heavy atom. The van der Waals surface area contributed by atoms with Gasteiger partial charge in [-0.3, -0.25) is 9.69 Å². The van der Waals surface area contributed by atoms with Gasteiger partial charge < -0.3 is 15.8 Å². The highest BCUT2D eigenvalue weighted by Crippen LogP contribution is 2.48. The van der Waals surface area contributed by atoms with Crippen molar-refractivity contribution in [3.63, 3.8) is 0 Å². The number of nitrogens with one attached hydrogen (secondary N) is 1. The molecule has 8 heteroatoms. The lowest BCUT2D eigenvalue weighted by molar-refractivity contribution is -0.140. The summed E-state index contributed by atoms with van der Waals surface area (Å²) in [4.78, 5) is 18.7. The van der Waals surface area contributed by atoms with Crippen LogP contribution in [-0.4, -0.2) is 30.9 Å². The van der Waals surface area contributed by atoms with Gasteiger partial charge in [-0.15, -0.1) is 0 Å². The van der Waals surface area contributed by atoms with Crippen molar-refractivity contribution >= 4 is 34.8 Å². The molecule has 3 rings (SSSR count). The average molecular weight is 419 g/mol. The lowest BCUT2D eigenvalue weighted by atomic mass is 9.67. The van der Waals surface area contributed by atoms with Crippen molar-refractivity contribution in [3.8, 4) is 5.75 Å². The Bertz CT molecular complexity index is 1010. The van der Waals surface area contributed by atoms with Crippen LogP contribution >= 0.6 is 11.6 Å². The number of carbonyl (C=O) groups excluding carboxylic acids is 1. The molecule has 1 amide bonds. The summed E-state index contributed by atoms with van der Waals surface area (Å²) in [6.07, 6.45) is 0. The number of hydrogen-bond acceptors (Lipinski definition) is 5. The average Bonchev–Trinajstić information content (AvgIpc) is 2.68. The van der Waals surface area contributed by atoms with Gasteiger partial charge in [0, 0.05) is 29.4 Å². The fourth-order valence-electron chi connectivity index (χ4n) is 3.47. The molecule has 0 saturated heterocycles. The van der Waals surface area contributed by atoms with Crippen LogP contribution in [0.15, 0.2) is 41.4 Å². The van der Waals surface area contributed by atoms with Crippen LogP contribution in [0.1, 0.15) is 26.3 Å². The highest BCUT2D eigenvalue weighted by molar-refractivity contribution is 6.30. The molecule has 29 heavy (non-hydrogen) atoms. The molecule has 2 aromatic carbocycles. The molecule has 6 nitrogen and oxygen atoms in total. The van der Waals surface area contributed by atoms with E-state index in [1.54, 1.807) is 58.2 Å². The summed E-state index contributed by atoms with van der Waals surface area (Å²) in [6, 6.07) is 9.76. The molecule has 3 N–H and O–H groups in total. The van der Waals surface area contributed by atoms with Crippen LogP contribution in [0.2, 0.25) is 5.02 Å². The number of nitrogens with two attached hydrogens (primary N) is 1. The van der Waals surface area contributed by atoms with Crippen LogP contribution in [-0.2, 0) is 10.3 Å². The third kappa shape index (κ3) is 3.40. The quantitative estimate of drug-likeness (QED) is 0.777. The number of rotatable bonds is 4. The van der Waals surface area contributed by atoms with Crippen LogP contribution in [0, 0.1) is 11.2 Å². The van der Waals surface area contributed by atoms with Crippen LogP contribution in [0.5, 0.6) is 5.75 Å². The maximum atomic E-state index is 14.9. The topological polar surface area (TPSA) is 80.0 Å². The summed E-state index contributed by atoms with van der Waals surface area (Å²) in [5.41, 5.74) is 5.30. The summed E-state index contributed by atoms with van der Waals surface area (Å²) < 4.78 is 20.3. The summed E-state index contributed by atoms with van der Waals surface area (Å²) in [5.74, 6) is -0.103. The van der Waals surface area contributed by atoms with Gasteiger partial charge in [0.1, 0.15) is 17.1 Å². The second kappa shape index (κ2) is 7.22. The summed E-state index contributed by atoms with van der Waals surface area (Å²) in [7, 11) is 3.10. The normalized spacial score (nSPS) is 21.0. The standard InChI is InChI=1S/C21H24ClFN4O2/c1-20(2)18(28)27(4)19(24)26-21(20,3)14-11-13(7-8-15(14)23)25-16-9-6-12(22)10-17(16)29-5/h6-11,25H,1-5H3,(H2,24,26)/t21-/m1/s1. The minimum atomic E-state index is -1.19. The van der Waals surface area contributed by atoms with E-state index in [1.165, 1.54) is 18.1 Å². The van der Waals surface area contributed by atoms with Gasteiger partial charge >= 0.3 is 0 Å². The van der Waals surface area contributed by atoms with E-state index in [9.17, 15) is 9.18 Å². The first kappa shape index (κ1) is 20.9. The fraction of sp³-hybridized carbons (Fsp3) is 0.333. The number of nitrogens with zero attached hydrogens (tertiary/aromatic N) is 2. The van der Waals surface area contributed by atoms with Gasteiger partial charge in [-0.05, 0) is 51.1 Å². The predicted octanol–water partition coefficient (Wildman–Crippen LogP) is 4.26. The van der Waals surface area contributed by atoms with Gasteiger partial charge in [0.05, 0.1) is 18.2 Å². The van der Waals surface area contributed by atoms with Crippen molar-refractivity contribution in [1.29, 1.82) is 0 Å². The highest BCUT2D eigenvalue weighted by Gasteiger charge is 2.53. The van der Waals surface area contributed by atoms with Crippen molar-refractivity contribution in [3.05, 3.63) is 52.8 Å². The number of methoxy groups -OCH3 is 1. The second-order valence-electron chi connectivity index (χ2n) is 7.70. The number of benzene rings is 2. The molecule has 1 atom stereocenters. The first-order valence-electron chi connectivity index (χ1n) is 9.05. The third-order valence-corrected chi connectivity index (χ3v) is 5.91. The molecule has 1 aliphatic rings. The van der Waals surface area contributed by atoms with E-state index in [0.717, 1.165) is 0 Å². The number of guanidine groups is 1. The maximum Gasteiger partial charge on any atom is 0.237 e. The van der Waals surface area contributed by atoms with E-state index < -0.39 is 16.8 Å². The Labute approximate surface area is 174 Å². The van der Waals surface area contributed by atoms with Crippen LogP contribution in [0.3, 0.4) is 0 Å². The molecule has 2 aromatic rings. The molecule has 0 fully saturated rings. The molecule has 0 bridgehead atoms. The van der Waals surface area contributed by atoms with Crippen LogP contribution in [0.25, 0.3) is 0 Å². The largest absolute Gasteiger partial charge is 0.495 e. The molecule has 1 heterocycles. The first-order valence-corrected chi connectivity index (χ1v) is 9.43. The molecular formula is C21H24ClFN4O2. The van der Waals surface area contributed by atoms with Gasteiger partial charge in [-0.2, -0.15) is 0 Å². The van der Waals surface area contributed by atoms with Gasteiger partial charge in [0.2, 0.25) is 5.91 Å². The number of carbonyl (C=O) groups is 1. The zero-order chi connectivity index (χ0) is 21.6. The number of ether oxygens (including phenoxy) is 1. The predicted molar refractivity (Wildman–Crippen MR) is 113 cm³/mol. The highest BCUT2D eigenvalue weighted by atomic mass is 35.5. The Morgan fingerprint density at radius 2 is 1.90 bits per heavy atom. The van der Waals surface area contributed by atoms with Crippen LogP contribution < -0.4 is 15.8 Å². The van der Waals surface area contributed by atoms with Crippen molar-refractivity contribution in [2.45, 2.75) is 26.3 Å². The third-order valence-electron chi connectivity index (χ3n) is 5.67. The minimum Gasteiger partial charge on any atom is -0.495 e. The van der Waals surface area contributed by atoms with E-state index in [1.807, 2.05) is 0 Å². The summed E-state index contributed by atoms with van der Waals surface area (Å²) >= 11 is 6.02.